The van der Waals surface area contributed by atoms with Crippen LogP contribution in [0.5, 0.6) is 0 Å². The predicted molar refractivity (Wildman–Crippen MR) is 93.0 cm³/mol. The number of rotatable bonds is 4. The third-order valence-corrected chi connectivity index (χ3v) is 6.20. The number of carbonyl (C=O) groups excluding carboxylic acids is 1. The Balaban J connectivity index is 1.49. The van der Waals surface area contributed by atoms with Crippen LogP contribution < -0.4 is 0 Å². The summed E-state index contributed by atoms with van der Waals surface area (Å²) in [6.45, 7) is 0.570. The zero-order chi connectivity index (χ0) is 17.4. The molecule has 25 heavy (non-hydrogen) atoms. The lowest BCUT2D eigenvalue weighted by Gasteiger charge is -2.24. The normalized spacial score (nSPS) is 25.1. The van der Waals surface area contributed by atoms with Crippen molar-refractivity contribution in [2.75, 3.05) is 6.54 Å². The predicted octanol–water partition coefficient (Wildman–Crippen LogP) is 2.46. The molecule has 2 fully saturated rings. The standard InChI is InChI=1S/C18H19N3O3S/c22-15(21-9-12-3-1-5-14(12)16(21)18(23)24)7-13-10-25-17(20-13)11-4-2-6-19-8-11/h2,4,6,8,10,12,14,16H,1,3,5,7,9H2,(H,23,24). The van der Waals surface area contributed by atoms with E-state index in [4.69, 9.17) is 0 Å². The summed E-state index contributed by atoms with van der Waals surface area (Å²) >= 11 is 1.47. The molecule has 6 nitrogen and oxygen atoms in total. The second-order valence-corrected chi connectivity index (χ2v) is 7.60. The van der Waals surface area contributed by atoms with Gasteiger partial charge in [0.05, 0.1) is 12.1 Å². The average Bonchev–Trinajstić information content (AvgIpc) is 3.30. The number of hydrogen-bond acceptors (Lipinski definition) is 5. The number of likely N-dealkylation sites (tertiary alicyclic amines) is 1. The second kappa shape index (κ2) is 6.55. The van der Waals surface area contributed by atoms with E-state index in [9.17, 15) is 14.7 Å². The summed E-state index contributed by atoms with van der Waals surface area (Å²) in [5.74, 6) is -0.559. The Labute approximate surface area is 149 Å². The van der Waals surface area contributed by atoms with Crippen molar-refractivity contribution in [1.82, 2.24) is 14.9 Å². The molecule has 1 N–H and O–H groups in total. The van der Waals surface area contributed by atoms with Gasteiger partial charge in [0, 0.05) is 29.9 Å². The lowest BCUT2D eigenvalue weighted by atomic mass is 9.94. The van der Waals surface area contributed by atoms with Gasteiger partial charge >= 0.3 is 5.97 Å². The summed E-state index contributed by atoms with van der Waals surface area (Å²) in [6.07, 6.45) is 6.61. The Morgan fingerprint density at radius 1 is 1.36 bits per heavy atom. The van der Waals surface area contributed by atoms with Crippen LogP contribution in [0, 0.1) is 11.8 Å². The van der Waals surface area contributed by atoms with Crippen LogP contribution in [0.25, 0.3) is 10.6 Å². The van der Waals surface area contributed by atoms with E-state index in [0.29, 0.717) is 18.2 Å². The lowest BCUT2D eigenvalue weighted by molar-refractivity contribution is -0.149. The number of hydrogen-bond donors (Lipinski definition) is 1. The van der Waals surface area contributed by atoms with Gasteiger partial charge in [-0.15, -0.1) is 11.3 Å². The number of pyridine rings is 1. The summed E-state index contributed by atoms with van der Waals surface area (Å²) in [5, 5.41) is 12.3. The maximum atomic E-state index is 12.7. The van der Waals surface area contributed by atoms with Crippen molar-refractivity contribution >= 4 is 23.2 Å². The summed E-state index contributed by atoms with van der Waals surface area (Å²) in [6, 6.07) is 3.11. The minimum atomic E-state index is -0.878. The number of aliphatic carboxylic acids is 1. The van der Waals surface area contributed by atoms with Crippen LogP contribution in [0.1, 0.15) is 25.0 Å². The third-order valence-electron chi connectivity index (χ3n) is 5.26. The molecule has 1 aliphatic carbocycles. The van der Waals surface area contributed by atoms with Crippen LogP contribution in [-0.4, -0.2) is 44.4 Å². The van der Waals surface area contributed by atoms with Gasteiger partial charge in [-0.25, -0.2) is 9.78 Å². The average molecular weight is 357 g/mol. The van der Waals surface area contributed by atoms with E-state index in [1.807, 2.05) is 17.5 Å². The SMILES string of the molecule is O=C(O)C1C2CCCC2CN1C(=O)Cc1csc(-c2cccnc2)n1. The summed E-state index contributed by atoms with van der Waals surface area (Å²) in [5.41, 5.74) is 1.61. The van der Waals surface area contributed by atoms with Gasteiger partial charge in [-0.1, -0.05) is 6.42 Å². The molecule has 0 spiro atoms. The molecule has 3 heterocycles. The Morgan fingerprint density at radius 2 is 2.24 bits per heavy atom. The van der Waals surface area contributed by atoms with Crippen molar-refractivity contribution in [3.8, 4) is 10.6 Å². The first-order chi connectivity index (χ1) is 12.1. The Hall–Kier alpha value is -2.28. The van der Waals surface area contributed by atoms with Gasteiger partial charge in [0.1, 0.15) is 11.0 Å². The number of amides is 1. The number of carbonyl (C=O) groups is 2. The van der Waals surface area contributed by atoms with E-state index in [2.05, 4.69) is 9.97 Å². The molecule has 2 aromatic rings. The molecule has 1 amide bonds. The molecule has 0 radical (unpaired) electrons. The summed E-state index contributed by atoms with van der Waals surface area (Å²) in [4.78, 5) is 34.6. The van der Waals surface area contributed by atoms with Crippen molar-refractivity contribution < 1.29 is 14.7 Å². The highest BCUT2D eigenvalue weighted by Crippen LogP contribution is 2.42. The van der Waals surface area contributed by atoms with Gasteiger partial charge in [-0.05, 0) is 36.8 Å². The largest absolute Gasteiger partial charge is 0.480 e. The van der Waals surface area contributed by atoms with Crippen molar-refractivity contribution in [3.05, 3.63) is 35.6 Å². The number of carboxylic acids is 1. The van der Waals surface area contributed by atoms with Crippen molar-refractivity contribution in [2.24, 2.45) is 11.8 Å². The molecule has 1 saturated heterocycles. The third kappa shape index (κ3) is 3.04. The van der Waals surface area contributed by atoms with Crippen LogP contribution in [0.15, 0.2) is 29.9 Å². The molecule has 1 aliphatic heterocycles. The van der Waals surface area contributed by atoms with Gasteiger partial charge in [-0.3, -0.25) is 9.78 Å². The Kier molecular flexibility index (Phi) is 4.25. The molecule has 2 aliphatic rings. The zero-order valence-electron chi connectivity index (χ0n) is 13.7. The molecule has 130 valence electrons. The lowest BCUT2D eigenvalue weighted by Crippen LogP contribution is -2.44. The van der Waals surface area contributed by atoms with Crippen molar-refractivity contribution in [2.45, 2.75) is 31.7 Å². The highest BCUT2D eigenvalue weighted by atomic mass is 32.1. The molecule has 0 bridgehead atoms. The van der Waals surface area contributed by atoms with Gasteiger partial charge in [0.15, 0.2) is 0 Å². The topological polar surface area (TPSA) is 83.4 Å². The van der Waals surface area contributed by atoms with Crippen LogP contribution in [-0.2, 0) is 16.0 Å². The first-order valence-corrected chi connectivity index (χ1v) is 9.38. The molecule has 7 heteroatoms. The first kappa shape index (κ1) is 16.2. The minimum Gasteiger partial charge on any atom is -0.480 e. The van der Waals surface area contributed by atoms with Crippen molar-refractivity contribution in [1.29, 1.82) is 0 Å². The fourth-order valence-corrected chi connectivity index (χ4v) is 4.96. The van der Waals surface area contributed by atoms with Gasteiger partial charge < -0.3 is 10.0 Å². The van der Waals surface area contributed by atoms with E-state index < -0.39 is 12.0 Å². The fourth-order valence-electron chi connectivity index (χ4n) is 4.15. The molecular formula is C18H19N3O3S. The summed E-state index contributed by atoms with van der Waals surface area (Å²) in [7, 11) is 0. The number of carboxylic acid groups (broad SMARTS) is 1. The van der Waals surface area contributed by atoms with E-state index in [1.165, 1.54) is 11.3 Å². The molecule has 3 atom stereocenters. The molecule has 2 aromatic heterocycles. The van der Waals surface area contributed by atoms with Crippen LogP contribution >= 0.6 is 11.3 Å². The monoisotopic (exact) mass is 357 g/mol. The number of aromatic nitrogens is 2. The molecule has 3 unspecified atom stereocenters. The van der Waals surface area contributed by atoms with E-state index in [-0.39, 0.29) is 18.2 Å². The minimum absolute atomic E-state index is 0.114. The Bertz CT molecular complexity index is 792. The second-order valence-electron chi connectivity index (χ2n) is 6.75. The molecule has 0 aromatic carbocycles. The number of thiazole rings is 1. The van der Waals surface area contributed by atoms with E-state index in [0.717, 1.165) is 29.8 Å². The molecular weight excluding hydrogens is 338 g/mol. The highest BCUT2D eigenvalue weighted by Gasteiger charge is 2.49. The highest BCUT2D eigenvalue weighted by molar-refractivity contribution is 7.13. The van der Waals surface area contributed by atoms with E-state index >= 15 is 0 Å². The maximum Gasteiger partial charge on any atom is 0.326 e. The van der Waals surface area contributed by atoms with Crippen LogP contribution in [0.2, 0.25) is 0 Å². The van der Waals surface area contributed by atoms with Gasteiger partial charge in [0.2, 0.25) is 5.91 Å². The van der Waals surface area contributed by atoms with Crippen LogP contribution in [0.3, 0.4) is 0 Å². The smallest absolute Gasteiger partial charge is 0.326 e. The molecule has 1 saturated carbocycles. The van der Waals surface area contributed by atoms with Gasteiger partial charge in [0.25, 0.3) is 0 Å². The number of fused-ring (bicyclic) bond motifs is 1. The maximum absolute atomic E-state index is 12.7. The quantitative estimate of drug-likeness (QED) is 0.909. The van der Waals surface area contributed by atoms with E-state index in [1.54, 1.807) is 17.3 Å². The van der Waals surface area contributed by atoms with Gasteiger partial charge in [-0.2, -0.15) is 0 Å². The number of nitrogens with zero attached hydrogens (tertiary/aromatic N) is 3. The first-order valence-electron chi connectivity index (χ1n) is 8.50. The Morgan fingerprint density at radius 3 is 3.00 bits per heavy atom. The zero-order valence-corrected chi connectivity index (χ0v) is 14.5. The van der Waals surface area contributed by atoms with Crippen LogP contribution in [0.4, 0.5) is 0 Å². The fraction of sp³-hybridized carbons (Fsp3) is 0.444. The summed E-state index contributed by atoms with van der Waals surface area (Å²) < 4.78 is 0. The molecule has 4 rings (SSSR count). The van der Waals surface area contributed by atoms with Crippen molar-refractivity contribution in [3.63, 3.8) is 0 Å².